The van der Waals surface area contributed by atoms with Gasteiger partial charge in [-0.1, -0.05) is 18.6 Å². The quantitative estimate of drug-likeness (QED) is 0.606. The molecule has 4 heteroatoms. The molecule has 0 N–H and O–H groups in total. The third kappa shape index (κ3) is 2.51. The van der Waals surface area contributed by atoms with E-state index < -0.39 is 5.54 Å². The van der Waals surface area contributed by atoms with E-state index in [2.05, 4.69) is 6.07 Å². The topological polar surface area (TPSA) is 66.9 Å². The Balaban J connectivity index is 2.23. The second kappa shape index (κ2) is 5.18. The first-order chi connectivity index (χ1) is 8.66. The van der Waals surface area contributed by atoms with Crippen molar-refractivity contribution in [2.45, 2.75) is 44.1 Å². The Morgan fingerprint density at radius 2 is 2.06 bits per heavy atom. The molecule has 0 amide bonds. The molecule has 0 atom stereocenters. The van der Waals surface area contributed by atoms with Crippen LogP contribution in [-0.4, -0.2) is 10.5 Å². The Kier molecular flexibility index (Phi) is 3.61. The molecular formula is C14H16N2O2. The molecule has 1 aliphatic carbocycles. The van der Waals surface area contributed by atoms with Crippen LogP contribution in [0.3, 0.4) is 0 Å². The van der Waals surface area contributed by atoms with E-state index in [4.69, 9.17) is 5.26 Å². The third-order valence-electron chi connectivity index (χ3n) is 3.76. The van der Waals surface area contributed by atoms with Crippen molar-refractivity contribution in [1.82, 2.24) is 0 Å². The van der Waals surface area contributed by atoms with Crippen molar-refractivity contribution in [2.75, 3.05) is 0 Å². The van der Waals surface area contributed by atoms with E-state index in [1.165, 1.54) is 0 Å². The molecule has 0 aromatic heterocycles. The fourth-order valence-corrected chi connectivity index (χ4v) is 2.76. The Hall–Kier alpha value is -1.89. The van der Waals surface area contributed by atoms with Crippen LogP contribution < -0.4 is 0 Å². The maximum absolute atomic E-state index is 11.4. The van der Waals surface area contributed by atoms with Crippen LogP contribution in [-0.2, 0) is 6.42 Å². The molecule has 4 nitrogen and oxygen atoms in total. The van der Waals surface area contributed by atoms with Gasteiger partial charge >= 0.3 is 0 Å². The molecule has 1 aromatic rings. The SMILES string of the molecule is N#Cc1cccc(CC2([N+](=O)[O-])CCCCC2)c1. The Bertz CT molecular complexity index is 485. The molecule has 1 aromatic carbocycles. The van der Waals surface area contributed by atoms with Crippen LogP contribution in [0.1, 0.15) is 43.2 Å². The largest absolute Gasteiger partial charge is 0.264 e. The average molecular weight is 244 g/mol. The van der Waals surface area contributed by atoms with Gasteiger partial charge in [0.25, 0.3) is 0 Å². The maximum atomic E-state index is 11.4. The zero-order valence-electron chi connectivity index (χ0n) is 10.3. The summed E-state index contributed by atoms with van der Waals surface area (Å²) >= 11 is 0. The van der Waals surface area contributed by atoms with E-state index in [1.807, 2.05) is 6.07 Å². The van der Waals surface area contributed by atoms with Crippen LogP contribution in [0.2, 0.25) is 0 Å². The highest BCUT2D eigenvalue weighted by molar-refractivity contribution is 5.33. The molecular weight excluding hydrogens is 228 g/mol. The molecule has 1 saturated carbocycles. The molecule has 0 unspecified atom stereocenters. The fraction of sp³-hybridized carbons (Fsp3) is 0.500. The Morgan fingerprint density at radius 1 is 1.33 bits per heavy atom. The predicted octanol–water partition coefficient (Wildman–Crippen LogP) is 3.08. The van der Waals surface area contributed by atoms with E-state index >= 15 is 0 Å². The summed E-state index contributed by atoms with van der Waals surface area (Å²) in [5.41, 5.74) is 0.654. The summed E-state index contributed by atoms with van der Waals surface area (Å²) in [4.78, 5) is 11.3. The highest BCUT2D eigenvalue weighted by Crippen LogP contribution is 2.34. The molecule has 0 aliphatic heterocycles. The van der Waals surface area contributed by atoms with E-state index in [9.17, 15) is 10.1 Å². The van der Waals surface area contributed by atoms with Crippen LogP contribution in [0.5, 0.6) is 0 Å². The number of nitrogens with zero attached hydrogens (tertiary/aromatic N) is 2. The second-order valence-corrected chi connectivity index (χ2v) is 5.03. The summed E-state index contributed by atoms with van der Waals surface area (Å²) in [6, 6.07) is 9.24. The molecule has 94 valence electrons. The predicted molar refractivity (Wildman–Crippen MR) is 67.7 cm³/mol. The van der Waals surface area contributed by atoms with Crippen molar-refractivity contribution < 1.29 is 4.92 Å². The molecule has 0 saturated heterocycles. The maximum Gasteiger partial charge on any atom is 0.226 e. The standard InChI is InChI=1S/C14H16N2O2/c15-11-13-6-4-5-12(9-13)10-14(16(17)18)7-2-1-3-8-14/h4-6,9H,1-3,7-8,10H2. The summed E-state index contributed by atoms with van der Waals surface area (Å²) in [5, 5.41) is 20.2. The normalized spacial score (nSPS) is 17.9. The number of benzene rings is 1. The Morgan fingerprint density at radius 3 is 2.67 bits per heavy atom. The van der Waals surface area contributed by atoms with E-state index in [-0.39, 0.29) is 4.92 Å². The summed E-state index contributed by atoms with van der Waals surface area (Å²) in [6.07, 6.45) is 4.69. The molecule has 0 heterocycles. The molecule has 18 heavy (non-hydrogen) atoms. The minimum Gasteiger partial charge on any atom is -0.264 e. The molecule has 2 rings (SSSR count). The van der Waals surface area contributed by atoms with Gasteiger partial charge in [0.05, 0.1) is 11.6 Å². The lowest BCUT2D eigenvalue weighted by molar-refractivity contribution is -0.574. The van der Waals surface area contributed by atoms with Gasteiger partial charge in [0, 0.05) is 24.2 Å². The number of hydrogen-bond donors (Lipinski definition) is 0. The van der Waals surface area contributed by atoms with Gasteiger partial charge in [0.2, 0.25) is 5.54 Å². The minimum atomic E-state index is -0.813. The van der Waals surface area contributed by atoms with Gasteiger partial charge < -0.3 is 0 Å². The highest BCUT2D eigenvalue weighted by atomic mass is 16.6. The average Bonchev–Trinajstić information content (AvgIpc) is 2.40. The summed E-state index contributed by atoms with van der Waals surface area (Å²) < 4.78 is 0. The van der Waals surface area contributed by atoms with Gasteiger partial charge in [-0.15, -0.1) is 0 Å². The van der Waals surface area contributed by atoms with Gasteiger partial charge in [-0.2, -0.15) is 5.26 Å². The van der Waals surface area contributed by atoms with Gasteiger partial charge in [0.15, 0.2) is 0 Å². The lowest BCUT2D eigenvalue weighted by atomic mass is 9.78. The van der Waals surface area contributed by atoms with E-state index in [0.29, 0.717) is 24.8 Å². The summed E-state index contributed by atoms with van der Waals surface area (Å²) in [6.45, 7) is 0. The molecule has 0 bridgehead atoms. The van der Waals surface area contributed by atoms with E-state index in [1.54, 1.807) is 18.2 Å². The van der Waals surface area contributed by atoms with Crippen molar-refractivity contribution in [3.63, 3.8) is 0 Å². The molecule has 1 fully saturated rings. The van der Waals surface area contributed by atoms with Crippen LogP contribution in [0.25, 0.3) is 0 Å². The number of hydrogen-bond acceptors (Lipinski definition) is 3. The third-order valence-corrected chi connectivity index (χ3v) is 3.76. The molecule has 0 spiro atoms. The zero-order chi connectivity index (χ0) is 13.0. The highest BCUT2D eigenvalue weighted by Gasteiger charge is 2.43. The zero-order valence-corrected chi connectivity index (χ0v) is 10.3. The van der Waals surface area contributed by atoms with Crippen LogP contribution >= 0.6 is 0 Å². The summed E-state index contributed by atoms with van der Waals surface area (Å²) in [7, 11) is 0. The van der Waals surface area contributed by atoms with Crippen molar-refractivity contribution >= 4 is 0 Å². The monoisotopic (exact) mass is 244 g/mol. The summed E-state index contributed by atoms with van der Waals surface area (Å²) in [5.74, 6) is 0. The van der Waals surface area contributed by atoms with E-state index in [0.717, 1.165) is 24.8 Å². The first kappa shape index (κ1) is 12.6. The number of rotatable bonds is 3. The number of nitro groups is 1. The molecule has 0 radical (unpaired) electrons. The van der Waals surface area contributed by atoms with Crippen LogP contribution in [0.4, 0.5) is 0 Å². The fourth-order valence-electron chi connectivity index (χ4n) is 2.76. The minimum absolute atomic E-state index is 0.106. The van der Waals surface area contributed by atoms with Crippen LogP contribution in [0.15, 0.2) is 24.3 Å². The van der Waals surface area contributed by atoms with Crippen molar-refractivity contribution in [2.24, 2.45) is 0 Å². The first-order valence-corrected chi connectivity index (χ1v) is 6.30. The first-order valence-electron chi connectivity index (χ1n) is 6.30. The van der Waals surface area contributed by atoms with Crippen LogP contribution in [0, 0.1) is 21.4 Å². The lowest BCUT2D eigenvalue weighted by Gasteiger charge is -2.29. The van der Waals surface area contributed by atoms with Gasteiger partial charge in [-0.3, -0.25) is 10.1 Å². The van der Waals surface area contributed by atoms with Crippen molar-refractivity contribution in [3.8, 4) is 6.07 Å². The Labute approximate surface area is 106 Å². The van der Waals surface area contributed by atoms with Gasteiger partial charge in [-0.05, 0) is 30.5 Å². The molecule has 1 aliphatic rings. The smallest absolute Gasteiger partial charge is 0.226 e. The van der Waals surface area contributed by atoms with Gasteiger partial charge in [0.1, 0.15) is 0 Å². The van der Waals surface area contributed by atoms with Gasteiger partial charge in [-0.25, -0.2) is 0 Å². The van der Waals surface area contributed by atoms with Crippen molar-refractivity contribution in [1.29, 1.82) is 5.26 Å². The van der Waals surface area contributed by atoms with Crippen molar-refractivity contribution in [3.05, 3.63) is 45.5 Å². The number of nitriles is 1. The second-order valence-electron chi connectivity index (χ2n) is 5.03. The lowest BCUT2D eigenvalue weighted by Crippen LogP contribution is -2.42.